The van der Waals surface area contributed by atoms with Crippen LogP contribution in [0.2, 0.25) is 0 Å². The molecule has 96 valence electrons. The summed E-state index contributed by atoms with van der Waals surface area (Å²) in [6.07, 6.45) is 0.294. The third-order valence-corrected chi connectivity index (χ3v) is 2.53. The van der Waals surface area contributed by atoms with Gasteiger partial charge in [-0.05, 0) is 24.3 Å². The molecular weight excluding hydrogens is 239 g/mol. The average Bonchev–Trinajstić information content (AvgIpc) is 2.74. The first-order valence-corrected chi connectivity index (χ1v) is 5.58. The maximum atomic E-state index is 12.6. The van der Waals surface area contributed by atoms with E-state index in [-0.39, 0.29) is 30.3 Å². The van der Waals surface area contributed by atoms with Crippen LogP contribution in [0.5, 0.6) is 5.75 Å². The SMILES string of the molecule is O=C1C[C@@H](NC(=O)COc2ccc(F)cc2)CN1. The first-order valence-electron chi connectivity index (χ1n) is 5.58. The van der Waals surface area contributed by atoms with Crippen molar-refractivity contribution in [2.75, 3.05) is 13.2 Å². The summed E-state index contributed by atoms with van der Waals surface area (Å²) in [5, 5.41) is 5.29. The van der Waals surface area contributed by atoms with Crippen LogP contribution < -0.4 is 15.4 Å². The van der Waals surface area contributed by atoms with Crippen LogP contribution in [0.1, 0.15) is 6.42 Å². The molecule has 5 nitrogen and oxygen atoms in total. The Bertz CT molecular complexity index is 447. The zero-order valence-electron chi connectivity index (χ0n) is 9.61. The van der Waals surface area contributed by atoms with Crippen LogP contribution in [0.4, 0.5) is 4.39 Å². The van der Waals surface area contributed by atoms with Gasteiger partial charge in [0.1, 0.15) is 11.6 Å². The van der Waals surface area contributed by atoms with Crippen LogP contribution in [0, 0.1) is 5.82 Å². The fourth-order valence-corrected chi connectivity index (χ4v) is 1.66. The summed E-state index contributed by atoms with van der Waals surface area (Å²) in [6, 6.07) is 5.23. The largest absolute Gasteiger partial charge is 0.484 e. The van der Waals surface area contributed by atoms with E-state index >= 15 is 0 Å². The minimum atomic E-state index is -0.359. The molecule has 0 radical (unpaired) electrons. The molecule has 2 rings (SSSR count). The Morgan fingerprint density at radius 2 is 2.17 bits per heavy atom. The normalized spacial score (nSPS) is 18.3. The molecule has 0 aliphatic carbocycles. The highest BCUT2D eigenvalue weighted by molar-refractivity contribution is 5.82. The van der Waals surface area contributed by atoms with E-state index in [4.69, 9.17) is 4.74 Å². The van der Waals surface area contributed by atoms with Gasteiger partial charge in [-0.15, -0.1) is 0 Å². The Labute approximate surface area is 103 Å². The van der Waals surface area contributed by atoms with Crippen LogP contribution in [-0.2, 0) is 9.59 Å². The lowest BCUT2D eigenvalue weighted by atomic mass is 10.2. The van der Waals surface area contributed by atoms with Crippen molar-refractivity contribution in [3.63, 3.8) is 0 Å². The number of carbonyl (C=O) groups is 2. The van der Waals surface area contributed by atoms with Crippen molar-refractivity contribution < 1.29 is 18.7 Å². The molecule has 2 N–H and O–H groups in total. The van der Waals surface area contributed by atoms with Gasteiger partial charge in [0.05, 0.1) is 6.04 Å². The lowest BCUT2D eigenvalue weighted by molar-refractivity contribution is -0.123. The van der Waals surface area contributed by atoms with Crippen LogP contribution >= 0.6 is 0 Å². The van der Waals surface area contributed by atoms with E-state index in [2.05, 4.69) is 10.6 Å². The van der Waals surface area contributed by atoms with Gasteiger partial charge in [0.2, 0.25) is 5.91 Å². The Kier molecular flexibility index (Phi) is 3.76. The highest BCUT2D eigenvalue weighted by Gasteiger charge is 2.22. The van der Waals surface area contributed by atoms with Gasteiger partial charge in [-0.3, -0.25) is 9.59 Å². The first-order chi connectivity index (χ1) is 8.63. The molecular formula is C12H13FN2O3. The molecule has 1 atom stereocenters. The molecule has 0 saturated carbocycles. The third-order valence-electron chi connectivity index (χ3n) is 2.53. The second-order valence-electron chi connectivity index (χ2n) is 4.02. The van der Waals surface area contributed by atoms with Crippen LogP contribution in [0.3, 0.4) is 0 Å². The number of ether oxygens (including phenoxy) is 1. The summed E-state index contributed by atoms with van der Waals surface area (Å²) in [5.41, 5.74) is 0. The molecule has 6 heteroatoms. The van der Waals surface area contributed by atoms with Crippen LogP contribution in [0.25, 0.3) is 0 Å². The lowest BCUT2D eigenvalue weighted by Crippen LogP contribution is -2.39. The van der Waals surface area contributed by atoms with Crippen molar-refractivity contribution >= 4 is 11.8 Å². The molecule has 0 unspecified atom stereocenters. The summed E-state index contributed by atoms with van der Waals surface area (Å²) < 4.78 is 17.8. The molecule has 1 aliphatic rings. The number of nitrogens with one attached hydrogen (secondary N) is 2. The van der Waals surface area contributed by atoms with Crippen LogP contribution in [0.15, 0.2) is 24.3 Å². The van der Waals surface area contributed by atoms with Gasteiger partial charge in [-0.1, -0.05) is 0 Å². The number of benzene rings is 1. The van der Waals surface area contributed by atoms with E-state index in [0.717, 1.165) is 0 Å². The zero-order valence-corrected chi connectivity index (χ0v) is 9.61. The molecule has 1 saturated heterocycles. The lowest BCUT2D eigenvalue weighted by Gasteiger charge is -2.11. The molecule has 1 aromatic carbocycles. The molecule has 0 aromatic heterocycles. The predicted octanol–water partition coefficient (Wildman–Crippen LogP) is 0.209. The Morgan fingerprint density at radius 3 is 2.78 bits per heavy atom. The van der Waals surface area contributed by atoms with E-state index in [1.165, 1.54) is 24.3 Å². The number of hydrogen-bond acceptors (Lipinski definition) is 3. The van der Waals surface area contributed by atoms with Crippen molar-refractivity contribution in [1.82, 2.24) is 10.6 Å². The molecule has 18 heavy (non-hydrogen) atoms. The topological polar surface area (TPSA) is 67.4 Å². The van der Waals surface area contributed by atoms with Crippen LogP contribution in [-0.4, -0.2) is 31.0 Å². The van der Waals surface area contributed by atoms with Gasteiger partial charge in [0.25, 0.3) is 5.91 Å². The molecule has 2 amide bonds. The fourth-order valence-electron chi connectivity index (χ4n) is 1.66. The Morgan fingerprint density at radius 1 is 1.44 bits per heavy atom. The molecule has 1 fully saturated rings. The molecule has 0 spiro atoms. The molecule has 1 aromatic rings. The highest BCUT2D eigenvalue weighted by atomic mass is 19.1. The smallest absolute Gasteiger partial charge is 0.258 e. The van der Waals surface area contributed by atoms with Crippen molar-refractivity contribution in [3.05, 3.63) is 30.1 Å². The van der Waals surface area contributed by atoms with Crippen molar-refractivity contribution in [2.45, 2.75) is 12.5 Å². The van der Waals surface area contributed by atoms with E-state index in [0.29, 0.717) is 18.7 Å². The molecule has 0 bridgehead atoms. The second kappa shape index (κ2) is 5.48. The summed E-state index contributed by atoms with van der Waals surface area (Å²) in [4.78, 5) is 22.4. The van der Waals surface area contributed by atoms with Crippen molar-refractivity contribution in [1.29, 1.82) is 0 Å². The number of carbonyl (C=O) groups excluding carboxylic acids is 2. The standard InChI is InChI=1S/C12H13FN2O3/c13-8-1-3-10(4-2-8)18-7-12(17)15-9-5-11(16)14-6-9/h1-4,9H,5-7H2,(H,14,16)(H,15,17)/t9-/m1/s1. The van der Waals surface area contributed by atoms with Gasteiger partial charge in [0, 0.05) is 13.0 Å². The molecule has 1 heterocycles. The third kappa shape index (κ3) is 3.44. The average molecular weight is 252 g/mol. The number of rotatable bonds is 4. The molecule has 1 aliphatic heterocycles. The van der Waals surface area contributed by atoms with E-state index in [1.807, 2.05) is 0 Å². The number of halogens is 1. The van der Waals surface area contributed by atoms with Gasteiger partial charge in [0.15, 0.2) is 6.61 Å². The first kappa shape index (κ1) is 12.3. The summed E-state index contributed by atoms with van der Waals surface area (Å²) in [5.74, 6) is -0.310. The maximum absolute atomic E-state index is 12.6. The van der Waals surface area contributed by atoms with Gasteiger partial charge in [-0.2, -0.15) is 0 Å². The highest BCUT2D eigenvalue weighted by Crippen LogP contribution is 2.10. The monoisotopic (exact) mass is 252 g/mol. The number of amides is 2. The Balaban J connectivity index is 1.74. The summed E-state index contributed by atoms with van der Waals surface area (Å²) in [6.45, 7) is 0.289. The van der Waals surface area contributed by atoms with E-state index in [9.17, 15) is 14.0 Å². The van der Waals surface area contributed by atoms with Gasteiger partial charge in [-0.25, -0.2) is 4.39 Å². The second-order valence-corrected chi connectivity index (χ2v) is 4.02. The fraction of sp³-hybridized carbons (Fsp3) is 0.333. The zero-order chi connectivity index (χ0) is 13.0. The van der Waals surface area contributed by atoms with Crippen molar-refractivity contribution in [3.8, 4) is 5.75 Å². The van der Waals surface area contributed by atoms with Gasteiger partial charge < -0.3 is 15.4 Å². The quantitative estimate of drug-likeness (QED) is 0.805. The maximum Gasteiger partial charge on any atom is 0.258 e. The minimum Gasteiger partial charge on any atom is -0.484 e. The van der Waals surface area contributed by atoms with E-state index < -0.39 is 0 Å². The summed E-state index contributed by atoms with van der Waals surface area (Å²) >= 11 is 0. The Hall–Kier alpha value is -2.11. The van der Waals surface area contributed by atoms with Gasteiger partial charge >= 0.3 is 0 Å². The van der Waals surface area contributed by atoms with Crippen molar-refractivity contribution in [2.24, 2.45) is 0 Å². The van der Waals surface area contributed by atoms with E-state index in [1.54, 1.807) is 0 Å². The summed E-state index contributed by atoms with van der Waals surface area (Å²) in [7, 11) is 0. The minimum absolute atomic E-state index is 0.0697. The number of hydrogen-bond donors (Lipinski definition) is 2. The predicted molar refractivity (Wildman–Crippen MR) is 61.5 cm³/mol.